The van der Waals surface area contributed by atoms with Gasteiger partial charge in [-0.05, 0) is 38.1 Å². The van der Waals surface area contributed by atoms with E-state index in [0.29, 0.717) is 17.8 Å². The van der Waals surface area contributed by atoms with Gasteiger partial charge in [-0.25, -0.2) is 0 Å². The van der Waals surface area contributed by atoms with Crippen LogP contribution in [-0.4, -0.2) is 42.6 Å². The number of hydrogen-bond donors (Lipinski definition) is 1. The van der Waals surface area contributed by atoms with Gasteiger partial charge in [0.15, 0.2) is 0 Å². The minimum atomic E-state index is -0.0454. The largest absolute Gasteiger partial charge is 0.373 e. The van der Waals surface area contributed by atoms with Crippen molar-refractivity contribution in [2.45, 2.75) is 26.1 Å². The van der Waals surface area contributed by atoms with Gasteiger partial charge in [-0.1, -0.05) is 0 Å². The lowest BCUT2D eigenvalue weighted by atomic mass is 10.2. The van der Waals surface area contributed by atoms with Gasteiger partial charge < -0.3 is 10.1 Å². The van der Waals surface area contributed by atoms with Crippen LogP contribution in [0.25, 0.3) is 0 Å². The molecular formula is C15H19N3O2. The SMILES string of the molecule is CC1CN(CC(=O)Nc2ccc(C#N)cc2)CC(C)O1. The standard InChI is InChI=1S/C15H19N3O2/c1-11-8-18(9-12(2)20-11)10-15(19)17-14-5-3-13(7-16)4-6-14/h3-6,11-12H,8-10H2,1-2H3,(H,17,19). The van der Waals surface area contributed by atoms with Gasteiger partial charge in [0.2, 0.25) is 5.91 Å². The van der Waals surface area contributed by atoms with Crippen molar-refractivity contribution in [3.05, 3.63) is 29.8 Å². The molecule has 2 atom stereocenters. The number of carbonyl (C=O) groups is 1. The molecule has 0 bridgehead atoms. The van der Waals surface area contributed by atoms with Gasteiger partial charge in [0.25, 0.3) is 0 Å². The Morgan fingerprint density at radius 3 is 2.50 bits per heavy atom. The number of hydrogen-bond acceptors (Lipinski definition) is 4. The van der Waals surface area contributed by atoms with Crippen LogP contribution in [0.5, 0.6) is 0 Å². The molecule has 2 rings (SSSR count). The van der Waals surface area contributed by atoms with E-state index in [9.17, 15) is 4.79 Å². The van der Waals surface area contributed by atoms with E-state index in [1.807, 2.05) is 19.9 Å². The number of benzene rings is 1. The van der Waals surface area contributed by atoms with E-state index in [0.717, 1.165) is 13.1 Å². The second-order valence-electron chi connectivity index (χ2n) is 5.19. The van der Waals surface area contributed by atoms with Crippen molar-refractivity contribution in [3.63, 3.8) is 0 Å². The van der Waals surface area contributed by atoms with Gasteiger partial charge in [0.1, 0.15) is 0 Å². The molecule has 20 heavy (non-hydrogen) atoms. The number of anilines is 1. The van der Waals surface area contributed by atoms with E-state index in [1.54, 1.807) is 24.3 Å². The lowest BCUT2D eigenvalue weighted by molar-refractivity contribution is -0.121. The summed E-state index contributed by atoms with van der Waals surface area (Å²) >= 11 is 0. The normalized spacial score (nSPS) is 23.1. The first kappa shape index (κ1) is 14.5. The van der Waals surface area contributed by atoms with E-state index in [1.165, 1.54) is 0 Å². The number of rotatable bonds is 3. The van der Waals surface area contributed by atoms with Crippen molar-refractivity contribution in [1.29, 1.82) is 5.26 Å². The number of morpholine rings is 1. The highest BCUT2D eigenvalue weighted by atomic mass is 16.5. The zero-order chi connectivity index (χ0) is 14.5. The number of ether oxygens (including phenoxy) is 1. The number of nitrogens with one attached hydrogen (secondary N) is 1. The van der Waals surface area contributed by atoms with Crippen molar-refractivity contribution in [1.82, 2.24) is 4.90 Å². The van der Waals surface area contributed by atoms with Crippen molar-refractivity contribution >= 4 is 11.6 Å². The summed E-state index contributed by atoms with van der Waals surface area (Å²) in [4.78, 5) is 14.1. The first-order valence-electron chi connectivity index (χ1n) is 6.74. The van der Waals surface area contributed by atoms with Gasteiger partial charge in [0, 0.05) is 18.8 Å². The third kappa shape index (κ3) is 4.05. The summed E-state index contributed by atoms with van der Waals surface area (Å²) in [7, 11) is 0. The molecule has 1 aliphatic rings. The number of amides is 1. The van der Waals surface area contributed by atoms with Crippen molar-refractivity contribution in [3.8, 4) is 6.07 Å². The first-order valence-corrected chi connectivity index (χ1v) is 6.74. The van der Waals surface area contributed by atoms with Crippen molar-refractivity contribution in [2.75, 3.05) is 25.0 Å². The van der Waals surface area contributed by atoms with Gasteiger partial charge >= 0.3 is 0 Å². The van der Waals surface area contributed by atoms with Crippen LogP contribution in [0.4, 0.5) is 5.69 Å². The van der Waals surface area contributed by atoms with Crippen LogP contribution < -0.4 is 5.32 Å². The summed E-state index contributed by atoms with van der Waals surface area (Å²) in [5.74, 6) is -0.0454. The molecule has 1 N–H and O–H groups in total. The molecule has 1 fully saturated rings. The zero-order valence-electron chi connectivity index (χ0n) is 11.8. The smallest absolute Gasteiger partial charge is 0.238 e. The maximum atomic E-state index is 12.0. The molecule has 5 nitrogen and oxygen atoms in total. The monoisotopic (exact) mass is 273 g/mol. The molecule has 1 aromatic carbocycles. The molecule has 1 aliphatic heterocycles. The number of nitrogens with zero attached hydrogens (tertiary/aromatic N) is 2. The minimum absolute atomic E-state index is 0.0454. The Morgan fingerprint density at radius 1 is 1.35 bits per heavy atom. The van der Waals surface area contributed by atoms with Gasteiger partial charge in [-0.2, -0.15) is 5.26 Å². The Morgan fingerprint density at radius 2 is 1.95 bits per heavy atom. The average molecular weight is 273 g/mol. The predicted octanol–water partition coefficient (Wildman–Crippen LogP) is 1.61. The molecule has 0 aliphatic carbocycles. The summed E-state index contributed by atoms with van der Waals surface area (Å²) in [5.41, 5.74) is 1.29. The maximum Gasteiger partial charge on any atom is 0.238 e. The minimum Gasteiger partial charge on any atom is -0.373 e. The van der Waals surface area contributed by atoms with Gasteiger partial charge in [-0.3, -0.25) is 9.69 Å². The maximum absolute atomic E-state index is 12.0. The van der Waals surface area contributed by atoms with Crippen molar-refractivity contribution in [2.24, 2.45) is 0 Å². The van der Waals surface area contributed by atoms with Crippen molar-refractivity contribution < 1.29 is 9.53 Å². The van der Waals surface area contributed by atoms with Gasteiger partial charge in [-0.15, -0.1) is 0 Å². The first-order chi connectivity index (χ1) is 9.56. The Balaban J connectivity index is 1.87. The molecule has 1 aromatic rings. The lowest BCUT2D eigenvalue weighted by Crippen LogP contribution is -2.48. The number of carbonyl (C=O) groups excluding carboxylic acids is 1. The number of nitriles is 1. The van der Waals surface area contributed by atoms with Crippen LogP contribution in [0, 0.1) is 11.3 Å². The summed E-state index contributed by atoms with van der Waals surface area (Å²) in [6.07, 6.45) is 0.308. The predicted molar refractivity (Wildman–Crippen MR) is 76.2 cm³/mol. The third-order valence-electron chi connectivity index (χ3n) is 3.16. The fourth-order valence-corrected chi connectivity index (χ4v) is 2.45. The topological polar surface area (TPSA) is 65.4 Å². The van der Waals surface area contributed by atoms with E-state index in [4.69, 9.17) is 10.00 Å². The fraction of sp³-hybridized carbons (Fsp3) is 0.467. The molecule has 106 valence electrons. The Bertz CT molecular complexity index is 497. The van der Waals surface area contributed by atoms with Crippen LogP contribution >= 0.6 is 0 Å². The highest BCUT2D eigenvalue weighted by Crippen LogP contribution is 2.12. The van der Waals surface area contributed by atoms with Gasteiger partial charge in [0.05, 0.1) is 30.4 Å². The Labute approximate surface area is 119 Å². The van der Waals surface area contributed by atoms with E-state index in [2.05, 4.69) is 10.2 Å². The highest BCUT2D eigenvalue weighted by Gasteiger charge is 2.23. The van der Waals surface area contributed by atoms with Crippen LogP contribution in [0.2, 0.25) is 0 Å². The molecule has 0 radical (unpaired) electrons. The highest BCUT2D eigenvalue weighted by molar-refractivity contribution is 5.92. The molecule has 1 saturated heterocycles. The molecule has 5 heteroatoms. The molecule has 1 heterocycles. The van der Waals surface area contributed by atoms with Crippen LogP contribution in [0.3, 0.4) is 0 Å². The molecule has 0 saturated carbocycles. The summed E-state index contributed by atoms with van der Waals surface area (Å²) in [6.45, 7) is 5.93. The van der Waals surface area contributed by atoms with Crippen LogP contribution in [-0.2, 0) is 9.53 Å². The van der Waals surface area contributed by atoms with Crippen LogP contribution in [0.1, 0.15) is 19.4 Å². The summed E-state index contributed by atoms with van der Waals surface area (Å²) in [6, 6.07) is 8.90. The quantitative estimate of drug-likeness (QED) is 0.908. The molecule has 0 spiro atoms. The second kappa shape index (κ2) is 6.51. The molecule has 0 aromatic heterocycles. The average Bonchev–Trinajstić information content (AvgIpc) is 2.38. The van der Waals surface area contributed by atoms with E-state index >= 15 is 0 Å². The summed E-state index contributed by atoms with van der Waals surface area (Å²) < 4.78 is 5.64. The van der Waals surface area contributed by atoms with E-state index < -0.39 is 0 Å². The Hall–Kier alpha value is -1.90. The zero-order valence-corrected chi connectivity index (χ0v) is 11.8. The second-order valence-corrected chi connectivity index (χ2v) is 5.19. The van der Waals surface area contributed by atoms with E-state index in [-0.39, 0.29) is 18.1 Å². The molecular weight excluding hydrogens is 254 g/mol. The fourth-order valence-electron chi connectivity index (χ4n) is 2.45. The lowest BCUT2D eigenvalue weighted by Gasteiger charge is -2.34. The van der Waals surface area contributed by atoms with Crippen LogP contribution in [0.15, 0.2) is 24.3 Å². The Kier molecular flexibility index (Phi) is 4.72. The summed E-state index contributed by atoms with van der Waals surface area (Å²) in [5, 5.41) is 11.6. The molecule has 2 unspecified atom stereocenters. The molecule has 1 amide bonds. The third-order valence-corrected chi connectivity index (χ3v) is 3.16.